The van der Waals surface area contributed by atoms with Crippen LogP contribution in [-0.4, -0.2) is 4.57 Å². The van der Waals surface area contributed by atoms with Gasteiger partial charge < -0.3 is 0 Å². The number of halogens is 3. The van der Waals surface area contributed by atoms with Crippen molar-refractivity contribution in [2.75, 3.05) is 0 Å². The number of nitrogens with zero attached hydrogens (tertiary/aromatic N) is 1. The fourth-order valence-electron chi connectivity index (χ4n) is 1.71. The van der Waals surface area contributed by atoms with E-state index in [9.17, 15) is 13.2 Å². The van der Waals surface area contributed by atoms with E-state index in [1.165, 1.54) is 19.1 Å². The fourth-order valence-corrected chi connectivity index (χ4v) is 1.71. The molecule has 1 aromatic heterocycles. The minimum absolute atomic E-state index is 0.172. The number of rotatable bonds is 1. The second kappa shape index (κ2) is 3.70. The van der Waals surface area contributed by atoms with Crippen LogP contribution in [-0.2, 0) is 6.30 Å². The van der Waals surface area contributed by atoms with Crippen LogP contribution in [0.3, 0.4) is 0 Å². The van der Waals surface area contributed by atoms with Gasteiger partial charge in [0, 0.05) is 5.69 Å². The van der Waals surface area contributed by atoms with Gasteiger partial charge >= 0.3 is 6.30 Å². The molecule has 0 atom stereocenters. The smallest absolute Gasteiger partial charge is 0.257 e. The molecular weight excluding hydrogens is 215 g/mol. The van der Waals surface area contributed by atoms with Gasteiger partial charge in [-0.05, 0) is 24.6 Å². The molecule has 84 valence electrons. The predicted octanol–water partition coefficient (Wildman–Crippen LogP) is 3.94. The van der Waals surface area contributed by atoms with Crippen LogP contribution < -0.4 is 0 Å². The van der Waals surface area contributed by atoms with Gasteiger partial charge in [0.15, 0.2) is 0 Å². The maximum atomic E-state index is 12.8. The zero-order valence-electron chi connectivity index (χ0n) is 8.62. The largest absolute Gasteiger partial charge is 0.489 e. The number of alkyl halides is 3. The highest BCUT2D eigenvalue weighted by Crippen LogP contribution is 2.32. The monoisotopic (exact) mass is 225 g/mol. The topological polar surface area (TPSA) is 4.93 Å². The molecule has 0 fully saturated rings. The number of aromatic nitrogens is 1. The summed E-state index contributed by atoms with van der Waals surface area (Å²) in [4.78, 5) is 0. The average Bonchev–Trinajstić information content (AvgIpc) is 2.61. The summed E-state index contributed by atoms with van der Waals surface area (Å²) in [6.45, 7) is 1.44. The number of hydrogen-bond acceptors (Lipinski definition) is 0. The SMILES string of the molecule is Cc1ccc(-c2ccccc2)n1C(F)(F)F. The first-order chi connectivity index (χ1) is 7.50. The van der Waals surface area contributed by atoms with Crippen LogP contribution >= 0.6 is 0 Å². The van der Waals surface area contributed by atoms with Crippen molar-refractivity contribution in [1.82, 2.24) is 4.57 Å². The molecule has 0 amide bonds. The Morgan fingerprint density at radius 2 is 1.56 bits per heavy atom. The van der Waals surface area contributed by atoms with Gasteiger partial charge in [-0.3, -0.25) is 4.57 Å². The Morgan fingerprint density at radius 1 is 0.938 bits per heavy atom. The second-order valence-electron chi connectivity index (χ2n) is 3.53. The quantitative estimate of drug-likeness (QED) is 0.692. The second-order valence-corrected chi connectivity index (χ2v) is 3.53. The Labute approximate surface area is 91.1 Å². The van der Waals surface area contributed by atoms with Gasteiger partial charge in [0.2, 0.25) is 0 Å². The Bertz CT molecular complexity index is 483. The van der Waals surface area contributed by atoms with E-state index in [2.05, 4.69) is 0 Å². The summed E-state index contributed by atoms with van der Waals surface area (Å²) in [5.41, 5.74) is 0.921. The van der Waals surface area contributed by atoms with E-state index in [0.29, 0.717) is 10.1 Å². The van der Waals surface area contributed by atoms with Gasteiger partial charge in [-0.15, -0.1) is 13.2 Å². The van der Waals surface area contributed by atoms with Crippen LogP contribution in [0, 0.1) is 6.92 Å². The zero-order chi connectivity index (χ0) is 11.8. The molecule has 0 unspecified atom stereocenters. The van der Waals surface area contributed by atoms with Crippen LogP contribution in [0.5, 0.6) is 0 Å². The Balaban J connectivity index is 2.60. The summed E-state index contributed by atoms with van der Waals surface area (Å²) < 4.78 is 38.8. The number of hydrogen-bond donors (Lipinski definition) is 0. The van der Waals surface area contributed by atoms with Crippen molar-refractivity contribution in [3.63, 3.8) is 0 Å². The Morgan fingerprint density at radius 3 is 2.12 bits per heavy atom. The van der Waals surface area contributed by atoms with Crippen molar-refractivity contribution in [3.05, 3.63) is 48.2 Å². The van der Waals surface area contributed by atoms with Crippen molar-refractivity contribution in [3.8, 4) is 11.3 Å². The van der Waals surface area contributed by atoms with E-state index in [0.717, 1.165) is 0 Å². The Kier molecular flexibility index (Phi) is 2.50. The minimum Gasteiger partial charge on any atom is -0.257 e. The Hall–Kier alpha value is -1.71. The molecule has 2 aromatic rings. The first-order valence-electron chi connectivity index (χ1n) is 4.81. The molecule has 0 aliphatic rings. The van der Waals surface area contributed by atoms with Crippen molar-refractivity contribution >= 4 is 0 Å². The lowest BCUT2D eigenvalue weighted by Crippen LogP contribution is -2.18. The standard InChI is InChI=1S/C12H10F3N/c1-9-7-8-11(16(9)12(13,14)15)10-5-3-2-4-6-10/h2-8H,1H3. The minimum atomic E-state index is -4.38. The van der Waals surface area contributed by atoms with Crippen LogP contribution in [0.25, 0.3) is 11.3 Å². The molecule has 0 radical (unpaired) electrons. The summed E-state index contributed by atoms with van der Waals surface area (Å²) in [6.07, 6.45) is -4.38. The molecule has 1 heterocycles. The predicted molar refractivity (Wildman–Crippen MR) is 55.9 cm³/mol. The third-order valence-electron chi connectivity index (χ3n) is 2.40. The summed E-state index contributed by atoms with van der Waals surface area (Å²) in [6, 6.07) is 11.5. The van der Waals surface area contributed by atoms with Gasteiger partial charge in [0.05, 0.1) is 5.69 Å². The van der Waals surface area contributed by atoms with Crippen molar-refractivity contribution in [2.45, 2.75) is 13.2 Å². The molecule has 4 heteroatoms. The van der Waals surface area contributed by atoms with Crippen LogP contribution in [0.1, 0.15) is 5.69 Å². The molecule has 0 N–H and O–H groups in total. The van der Waals surface area contributed by atoms with Crippen molar-refractivity contribution in [2.24, 2.45) is 0 Å². The van der Waals surface area contributed by atoms with E-state index in [1.54, 1.807) is 30.3 Å². The van der Waals surface area contributed by atoms with Crippen molar-refractivity contribution < 1.29 is 13.2 Å². The highest BCUT2D eigenvalue weighted by Gasteiger charge is 2.33. The molecule has 0 saturated heterocycles. The van der Waals surface area contributed by atoms with E-state index in [-0.39, 0.29) is 11.4 Å². The number of aryl methyl sites for hydroxylation is 1. The normalized spacial score (nSPS) is 11.8. The highest BCUT2D eigenvalue weighted by molar-refractivity contribution is 5.60. The van der Waals surface area contributed by atoms with Gasteiger partial charge in [-0.1, -0.05) is 30.3 Å². The summed E-state index contributed by atoms with van der Waals surface area (Å²) in [7, 11) is 0. The molecular formula is C12H10F3N. The van der Waals surface area contributed by atoms with Crippen LogP contribution in [0.4, 0.5) is 13.2 Å². The fraction of sp³-hybridized carbons (Fsp3) is 0.167. The van der Waals surface area contributed by atoms with Crippen LogP contribution in [0.2, 0.25) is 0 Å². The molecule has 0 bridgehead atoms. The van der Waals surface area contributed by atoms with E-state index in [4.69, 9.17) is 0 Å². The molecule has 0 aliphatic carbocycles. The van der Waals surface area contributed by atoms with Gasteiger partial charge in [0.25, 0.3) is 0 Å². The van der Waals surface area contributed by atoms with E-state index < -0.39 is 6.30 Å². The number of benzene rings is 1. The average molecular weight is 225 g/mol. The first-order valence-corrected chi connectivity index (χ1v) is 4.81. The third-order valence-corrected chi connectivity index (χ3v) is 2.40. The van der Waals surface area contributed by atoms with E-state index in [1.807, 2.05) is 0 Å². The molecule has 1 nitrogen and oxygen atoms in total. The lowest BCUT2D eigenvalue weighted by atomic mass is 10.1. The molecule has 1 aromatic carbocycles. The molecule has 16 heavy (non-hydrogen) atoms. The van der Waals surface area contributed by atoms with Gasteiger partial charge in [0.1, 0.15) is 0 Å². The summed E-state index contributed by atoms with van der Waals surface area (Å²) in [5.74, 6) is 0. The third kappa shape index (κ3) is 1.83. The molecule has 2 rings (SSSR count). The zero-order valence-corrected chi connectivity index (χ0v) is 8.62. The van der Waals surface area contributed by atoms with Crippen LogP contribution in [0.15, 0.2) is 42.5 Å². The lowest BCUT2D eigenvalue weighted by Gasteiger charge is -2.14. The maximum Gasteiger partial charge on any atom is 0.489 e. The van der Waals surface area contributed by atoms with Gasteiger partial charge in [-0.2, -0.15) is 0 Å². The molecule has 0 saturated carbocycles. The van der Waals surface area contributed by atoms with E-state index >= 15 is 0 Å². The molecule has 0 spiro atoms. The van der Waals surface area contributed by atoms with Crippen molar-refractivity contribution in [1.29, 1.82) is 0 Å². The first kappa shape index (κ1) is 10.8. The summed E-state index contributed by atoms with van der Waals surface area (Å²) in [5, 5.41) is 0. The lowest BCUT2D eigenvalue weighted by molar-refractivity contribution is -0.203. The maximum absolute atomic E-state index is 12.8. The molecule has 0 aliphatic heterocycles. The highest BCUT2D eigenvalue weighted by atomic mass is 19.4. The van der Waals surface area contributed by atoms with Gasteiger partial charge in [-0.25, -0.2) is 0 Å². The summed E-state index contributed by atoms with van der Waals surface area (Å²) >= 11 is 0.